The highest BCUT2D eigenvalue weighted by atomic mass is 15.3. The first-order valence-electron chi connectivity index (χ1n) is 8.47. The topological polar surface area (TPSA) is 29.0 Å². The smallest absolute Gasteiger partial charge is 0.225 e. The van der Waals surface area contributed by atoms with E-state index >= 15 is 0 Å². The second-order valence-corrected chi connectivity index (χ2v) is 6.77. The zero-order chi connectivity index (χ0) is 15.5. The van der Waals surface area contributed by atoms with E-state index in [1.165, 1.54) is 32.1 Å². The number of rotatable bonds is 1. The van der Waals surface area contributed by atoms with E-state index in [0.717, 1.165) is 30.2 Å². The molecule has 1 aromatic carbocycles. The van der Waals surface area contributed by atoms with Gasteiger partial charge in [-0.2, -0.15) is 0 Å². The molecule has 1 spiro atoms. The molecular weight excluding hydrogens is 282 g/mol. The maximum absolute atomic E-state index is 4.54. The van der Waals surface area contributed by atoms with Crippen LogP contribution in [0.3, 0.4) is 0 Å². The second kappa shape index (κ2) is 6.04. The van der Waals surface area contributed by atoms with E-state index in [1.54, 1.807) is 0 Å². The number of hydrogen-bond donors (Lipinski definition) is 0. The van der Waals surface area contributed by atoms with Crippen molar-refractivity contribution < 1.29 is 0 Å². The molecule has 1 saturated heterocycles. The summed E-state index contributed by atoms with van der Waals surface area (Å²) in [5.41, 5.74) is 2.43. The molecule has 1 aliphatic heterocycles. The number of benzene rings is 1. The third-order valence-electron chi connectivity index (χ3n) is 5.15. The lowest BCUT2D eigenvalue weighted by molar-refractivity contribution is 0.340. The van der Waals surface area contributed by atoms with Gasteiger partial charge in [0.05, 0.1) is 5.56 Å². The fourth-order valence-corrected chi connectivity index (χ4v) is 3.85. The molecule has 1 saturated carbocycles. The summed E-state index contributed by atoms with van der Waals surface area (Å²) >= 11 is 0. The van der Waals surface area contributed by atoms with Gasteiger partial charge in [-0.3, -0.25) is 0 Å². The maximum atomic E-state index is 4.54. The molecule has 0 N–H and O–H groups in total. The van der Waals surface area contributed by atoms with E-state index in [2.05, 4.69) is 26.7 Å². The molecule has 0 unspecified atom stereocenters. The van der Waals surface area contributed by atoms with Crippen molar-refractivity contribution in [3.63, 3.8) is 0 Å². The lowest BCUT2D eigenvalue weighted by atomic mass is 9.86. The average molecular weight is 303 g/mol. The van der Waals surface area contributed by atoms with Crippen LogP contribution in [0.2, 0.25) is 0 Å². The Hall–Kier alpha value is -2.34. The molecule has 23 heavy (non-hydrogen) atoms. The molecule has 2 fully saturated rings. The monoisotopic (exact) mass is 303 g/mol. The van der Waals surface area contributed by atoms with E-state index in [9.17, 15) is 0 Å². The van der Waals surface area contributed by atoms with Crippen LogP contribution in [0.5, 0.6) is 0 Å². The summed E-state index contributed by atoms with van der Waals surface area (Å²) in [4.78, 5) is 11.4. The van der Waals surface area contributed by atoms with Gasteiger partial charge in [0.15, 0.2) is 0 Å². The van der Waals surface area contributed by atoms with Gasteiger partial charge in [-0.1, -0.05) is 42.9 Å². The van der Waals surface area contributed by atoms with Crippen LogP contribution < -0.4 is 4.90 Å². The zero-order valence-corrected chi connectivity index (χ0v) is 13.3. The van der Waals surface area contributed by atoms with Crippen LogP contribution in [0.1, 0.15) is 43.2 Å². The lowest BCUT2D eigenvalue weighted by Gasteiger charge is -2.23. The Morgan fingerprint density at radius 3 is 2.30 bits per heavy atom. The van der Waals surface area contributed by atoms with Gasteiger partial charge in [0.1, 0.15) is 0 Å². The van der Waals surface area contributed by atoms with Crippen LogP contribution in [-0.4, -0.2) is 23.1 Å². The molecule has 0 bridgehead atoms. The van der Waals surface area contributed by atoms with Crippen molar-refractivity contribution >= 4 is 5.95 Å². The fraction of sp³-hybridized carbons (Fsp3) is 0.400. The first-order chi connectivity index (χ1) is 11.3. The van der Waals surface area contributed by atoms with Crippen LogP contribution in [0.15, 0.2) is 42.7 Å². The summed E-state index contributed by atoms with van der Waals surface area (Å²) in [7, 11) is 0. The van der Waals surface area contributed by atoms with Crippen LogP contribution >= 0.6 is 0 Å². The van der Waals surface area contributed by atoms with E-state index < -0.39 is 0 Å². The summed E-state index contributed by atoms with van der Waals surface area (Å²) in [6, 6.07) is 10.0. The summed E-state index contributed by atoms with van der Waals surface area (Å²) < 4.78 is 0. The Balaban J connectivity index is 1.46. The van der Waals surface area contributed by atoms with Crippen molar-refractivity contribution in [1.29, 1.82) is 0 Å². The average Bonchev–Trinajstić information content (AvgIpc) is 3.25. The molecule has 116 valence electrons. The molecule has 0 atom stereocenters. The summed E-state index contributed by atoms with van der Waals surface area (Å²) in [5, 5.41) is 0. The lowest BCUT2D eigenvalue weighted by Crippen LogP contribution is -2.26. The second-order valence-electron chi connectivity index (χ2n) is 6.77. The minimum absolute atomic E-state index is 0.551. The van der Waals surface area contributed by atoms with E-state index in [0.29, 0.717) is 5.41 Å². The van der Waals surface area contributed by atoms with Crippen LogP contribution in [0.4, 0.5) is 5.95 Å². The molecule has 0 amide bonds. The Labute approximate surface area is 137 Å². The SMILES string of the molecule is C(#Cc1cnc(N2CCC3(CCCC3)C2)nc1)c1ccccc1. The number of anilines is 1. The predicted octanol–water partition coefficient (Wildman–Crippen LogP) is 3.65. The quantitative estimate of drug-likeness (QED) is 0.753. The van der Waals surface area contributed by atoms with Crippen LogP contribution in [-0.2, 0) is 0 Å². The summed E-state index contributed by atoms with van der Waals surface area (Å²) in [5.74, 6) is 7.14. The Morgan fingerprint density at radius 2 is 1.57 bits per heavy atom. The van der Waals surface area contributed by atoms with Gasteiger partial charge in [-0.05, 0) is 36.8 Å². The highest BCUT2D eigenvalue weighted by molar-refractivity contribution is 5.42. The van der Waals surface area contributed by atoms with E-state index in [4.69, 9.17) is 0 Å². The van der Waals surface area contributed by atoms with E-state index in [1.807, 2.05) is 42.7 Å². The highest BCUT2D eigenvalue weighted by Gasteiger charge is 2.40. The van der Waals surface area contributed by atoms with Crippen molar-refractivity contribution in [2.24, 2.45) is 5.41 Å². The van der Waals surface area contributed by atoms with Gasteiger partial charge >= 0.3 is 0 Å². The Bertz CT molecular complexity index is 719. The Kier molecular flexibility index (Phi) is 3.75. The van der Waals surface area contributed by atoms with E-state index in [-0.39, 0.29) is 0 Å². The molecule has 1 aromatic heterocycles. The predicted molar refractivity (Wildman–Crippen MR) is 92.2 cm³/mol. The number of nitrogens with zero attached hydrogens (tertiary/aromatic N) is 3. The van der Waals surface area contributed by atoms with Gasteiger partial charge in [0, 0.05) is 31.0 Å². The van der Waals surface area contributed by atoms with Gasteiger partial charge in [0.25, 0.3) is 0 Å². The standard InChI is InChI=1S/C20H21N3/c1-2-6-17(7-3-1)8-9-18-14-21-19(22-15-18)23-13-12-20(16-23)10-4-5-11-20/h1-3,6-7,14-15H,4-5,10-13,16H2. The first kappa shape index (κ1) is 14.3. The molecule has 4 rings (SSSR count). The normalized spacial score (nSPS) is 18.9. The van der Waals surface area contributed by atoms with Crippen molar-refractivity contribution in [2.75, 3.05) is 18.0 Å². The van der Waals surface area contributed by atoms with Crippen molar-refractivity contribution in [3.05, 3.63) is 53.9 Å². The highest BCUT2D eigenvalue weighted by Crippen LogP contribution is 2.45. The maximum Gasteiger partial charge on any atom is 0.225 e. The third-order valence-corrected chi connectivity index (χ3v) is 5.15. The van der Waals surface area contributed by atoms with Gasteiger partial charge < -0.3 is 4.90 Å². The fourth-order valence-electron chi connectivity index (χ4n) is 3.85. The molecule has 2 aliphatic rings. The van der Waals surface area contributed by atoms with Crippen LogP contribution in [0, 0.1) is 17.3 Å². The van der Waals surface area contributed by atoms with Gasteiger partial charge in [-0.25, -0.2) is 9.97 Å². The van der Waals surface area contributed by atoms with Gasteiger partial charge in [-0.15, -0.1) is 0 Å². The third kappa shape index (κ3) is 3.07. The minimum atomic E-state index is 0.551. The van der Waals surface area contributed by atoms with Crippen LogP contribution in [0.25, 0.3) is 0 Å². The molecule has 1 aliphatic carbocycles. The summed E-state index contributed by atoms with van der Waals surface area (Å²) in [6.07, 6.45) is 10.5. The number of aromatic nitrogens is 2. The molecule has 3 nitrogen and oxygen atoms in total. The molecular formula is C20H21N3. The first-order valence-corrected chi connectivity index (χ1v) is 8.47. The number of hydrogen-bond acceptors (Lipinski definition) is 3. The minimum Gasteiger partial charge on any atom is -0.340 e. The van der Waals surface area contributed by atoms with Crippen molar-refractivity contribution in [2.45, 2.75) is 32.1 Å². The molecule has 0 radical (unpaired) electrons. The van der Waals surface area contributed by atoms with Gasteiger partial charge in [0.2, 0.25) is 5.95 Å². The summed E-state index contributed by atoms with van der Waals surface area (Å²) in [6.45, 7) is 2.22. The molecule has 2 aromatic rings. The Morgan fingerprint density at radius 1 is 0.870 bits per heavy atom. The zero-order valence-electron chi connectivity index (χ0n) is 13.3. The molecule has 2 heterocycles. The molecule has 3 heteroatoms. The largest absolute Gasteiger partial charge is 0.340 e. The van der Waals surface area contributed by atoms with Crippen molar-refractivity contribution in [3.8, 4) is 11.8 Å². The van der Waals surface area contributed by atoms with Crippen molar-refractivity contribution in [1.82, 2.24) is 9.97 Å².